The van der Waals surface area contributed by atoms with Crippen molar-refractivity contribution >= 4 is 11.5 Å². The number of H-pyrrole nitrogens is 1. The van der Waals surface area contributed by atoms with Crippen LogP contribution in [0.5, 0.6) is 5.75 Å². The van der Waals surface area contributed by atoms with E-state index in [0.717, 1.165) is 62.2 Å². The summed E-state index contributed by atoms with van der Waals surface area (Å²) in [5, 5.41) is 3.47. The second kappa shape index (κ2) is 8.75. The summed E-state index contributed by atoms with van der Waals surface area (Å²) in [7, 11) is 1.73. The van der Waals surface area contributed by atoms with E-state index in [0.29, 0.717) is 0 Å². The average Bonchev–Trinajstić information content (AvgIpc) is 3.28. The molecule has 1 saturated heterocycles. The molecular formula is C21H26N6O. The molecule has 0 amide bonds. The monoisotopic (exact) mass is 378 g/mol. The van der Waals surface area contributed by atoms with Crippen molar-refractivity contribution < 1.29 is 4.74 Å². The summed E-state index contributed by atoms with van der Waals surface area (Å²) in [5.41, 5.74) is 3.45. The molecule has 3 heterocycles. The molecule has 2 aromatic heterocycles. The van der Waals surface area contributed by atoms with Crippen molar-refractivity contribution in [3.05, 3.63) is 66.4 Å². The van der Waals surface area contributed by atoms with Gasteiger partial charge < -0.3 is 24.8 Å². The van der Waals surface area contributed by atoms with Gasteiger partial charge in [0, 0.05) is 62.9 Å². The summed E-state index contributed by atoms with van der Waals surface area (Å²) >= 11 is 0. The van der Waals surface area contributed by atoms with Crippen LogP contribution in [0.15, 0.2) is 55.1 Å². The Morgan fingerprint density at radius 1 is 1.04 bits per heavy atom. The first-order valence-corrected chi connectivity index (χ1v) is 9.60. The number of rotatable bonds is 7. The highest BCUT2D eigenvalue weighted by atomic mass is 16.5. The minimum Gasteiger partial charge on any atom is -0.495 e. The minimum absolute atomic E-state index is 0.760. The maximum absolute atomic E-state index is 5.52. The highest BCUT2D eigenvalue weighted by molar-refractivity contribution is 5.60. The Labute approximate surface area is 165 Å². The number of ether oxygens (including phenoxy) is 1. The molecule has 4 rings (SSSR count). The van der Waals surface area contributed by atoms with Gasteiger partial charge in [-0.25, -0.2) is 9.97 Å². The molecule has 0 spiro atoms. The summed E-state index contributed by atoms with van der Waals surface area (Å²) in [6.45, 7) is 5.28. The normalized spacial score (nSPS) is 14.3. The number of aromatic nitrogens is 3. The summed E-state index contributed by atoms with van der Waals surface area (Å²) < 4.78 is 5.52. The largest absolute Gasteiger partial charge is 0.495 e. The number of para-hydroxylation sites is 2. The summed E-state index contributed by atoms with van der Waals surface area (Å²) in [4.78, 5) is 16.6. The molecule has 7 nitrogen and oxygen atoms in total. The summed E-state index contributed by atoms with van der Waals surface area (Å²) in [6, 6.07) is 12.4. The van der Waals surface area contributed by atoms with Gasteiger partial charge in [-0.1, -0.05) is 18.2 Å². The van der Waals surface area contributed by atoms with Gasteiger partial charge in [-0.15, -0.1) is 0 Å². The fraction of sp³-hybridized carbons (Fsp3) is 0.333. The lowest BCUT2D eigenvalue weighted by atomic mass is 10.2. The Morgan fingerprint density at radius 2 is 1.86 bits per heavy atom. The maximum atomic E-state index is 5.52. The van der Waals surface area contributed by atoms with Crippen molar-refractivity contribution in [1.29, 1.82) is 0 Å². The molecule has 146 valence electrons. The van der Waals surface area contributed by atoms with E-state index in [-0.39, 0.29) is 0 Å². The average molecular weight is 378 g/mol. The van der Waals surface area contributed by atoms with Crippen LogP contribution in [-0.2, 0) is 13.1 Å². The first-order valence-electron chi connectivity index (χ1n) is 9.60. The minimum atomic E-state index is 0.760. The van der Waals surface area contributed by atoms with E-state index in [1.807, 2.05) is 30.6 Å². The van der Waals surface area contributed by atoms with Crippen LogP contribution >= 0.6 is 0 Å². The lowest BCUT2D eigenvalue weighted by molar-refractivity contribution is 0.413. The zero-order valence-electron chi connectivity index (χ0n) is 16.1. The van der Waals surface area contributed by atoms with Crippen LogP contribution in [0.4, 0.5) is 11.5 Å². The Bertz CT molecular complexity index is 874. The van der Waals surface area contributed by atoms with Crippen molar-refractivity contribution in [2.75, 3.05) is 43.1 Å². The number of benzene rings is 1. The van der Waals surface area contributed by atoms with Crippen molar-refractivity contribution in [3.8, 4) is 5.75 Å². The molecule has 0 radical (unpaired) electrons. The van der Waals surface area contributed by atoms with Crippen LogP contribution in [0.1, 0.15) is 11.3 Å². The van der Waals surface area contributed by atoms with Gasteiger partial charge in [0.25, 0.3) is 0 Å². The zero-order valence-corrected chi connectivity index (χ0v) is 16.1. The molecule has 1 aliphatic rings. The van der Waals surface area contributed by atoms with Crippen molar-refractivity contribution in [1.82, 2.24) is 20.3 Å². The smallest absolute Gasteiger partial charge is 0.142 e. The van der Waals surface area contributed by atoms with Gasteiger partial charge in [-0.2, -0.15) is 0 Å². The van der Waals surface area contributed by atoms with Gasteiger partial charge in [-0.05, 0) is 18.2 Å². The number of pyridine rings is 1. The molecule has 0 unspecified atom stereocenters. The van der Waals surface area contributed by atoms with E-state index in [1.54, 1.807) is 13.4 Å². The second-order valence-electron chi connectivity index (χ2n) is 6.81. The third kappa shape index (κ3) is 4.09. The predicted molar refractivity (Wildman–Crippen MR) is 111 cm³/mol. The fourth-order valence-corrected chi connectivity index (χ4v) is 3.62. The van der Waals surface area contributed by atoms with Gasteiger partial charge in [0.05, 0.1) is 19.1 Å². The van der Waals surface area contributed by atoms with Gasteiger partial charge in [0.1, 0.15) is 11.6 Å². The molecule has 0 aliphatic carbocycles. The van der Waals surface area contributed by atoms with Crippen molar-refractivity contribution in [3.63, 3.8) is 0 Å². The fourth-order valence-electron chi connectivity index (χ4n) is 3.62. The SMILES string of the molecule is COc1ccccc1N1CCN(c2ncccc2CNCc2cnc[nH]2)CC1. The maximum Gasteiger partial charge on any atom is 0.142 e. The van der Waals surface area contributed by atoms with E-state index >= 15 is 0 Å². The molecule has 0 atom stereocenters. The van der Waals surface area contributed by atoms with E-state index in [2.05, 4.69) is 48.3 Å². The number of nitrogens with one attached hydrogen (secondary N) is 2. The molecule has 1 aromatic carbocycles. The first kappa shape index (κ1) is 18.3. The number of piperazine rings is 1. The molecule has 7 heteroatoms. The Hall–Kier alpha value is -3.06. The molecule has 28 heavy (non-hydrogen) atoms. The second-order valence-corrected chi connectivity index (χ2v) is 6.81. The number of hydrogen-bond donors (Lipinski definition) is 2. The van der Waals surface area contributed by atoms with Gasteiger partial charge in [0.2, 0.25) is 0 Å². The number of nitrogens with zero attached hydrogens (tertiary/aromatic N) is 4. The van der Waals surface area contributed by atoms with Crippen LogP contribution in [0.3, 0.4) is 0 Å². The number of anilines is 2. The third-order valence-corrected chi connectivity index (χ3v) is 5.06. The number of methoxy groups -OCH3 is 1. The standard InChI is InChI=1S/C21H26N6O/c1-28-20-7-3-2-6-19(20)26-9-11-27(12-10-26)21-17(5-4-8-24-21)13-22-14-18-15-23-16-25-18/h2-8,15-16,22H,9-14H2,1H3,(H,23,25). The molecule has 2 N–H and O–H groups in total. The number of imidazole rings is 1. The van der Waals surface area contributed by atoms with E-state index in [1.165, 1.54) is 5.56 Å². The highest BCUT2D eigenvalue weighted by Gasteiger charge is 2.21. The molecule has 0 bridgehead atoms. The van der Waals surface area contributed by atoms with Gasteiger partial charge >= 0.3 is 0 Å². The van der Waals surface area contributed by atoms with Gasteiger partial charge in [0.15, 0.2) is 0 Å². The molecule has 1 aliphatic heterocycles. The third-order valence-electron chi connectivity index (χ3n) is 5.06. The van der Waals surface area contributed by atoms with Crippen LogP contribution in [-0.4, -0.2) is 48.2 Å². The molecule has 1 fully saturated rings. The van der Waals surface area contributed by atoms with Gasteiger partial charge in [-0.3, -0.25) is 0 Å². The van der Waals surface area contributed by atoms with Crippen LogP contribution in [0.25, 0.3) is 0 Å². The van der Waals surface area contributed by atoms with Crippen LogP contribution in [0.2, 0.25) is 0 Å². The lowest BCUT2D eigenvalue weighted by Gasteiger charge is -2.37. The molecule has 0 saturated carbocycles. The molecular weight excluding hydrogens is 352 g/mol. The van der Waals surface area contributed by atoms with E-state index in [9.17, 15) is 0 Å². The number of aromatic amines is 1. The summed E-state index contributed by atoms with van der Waals surface area (Å²) in [5.74, 6) is 2.00. The predicted octanol–water partition coefficient (Wildman–Crippen LogP) is 2.43. The van der Waals surface area contributed by atoms with E-state index < -0.39 is 0 Å². The zero-order chi connectivity index (χ0) is 19.2. The lowest BCUT2D eigenvalue weighted by Crippen LogP contribution is -2.47. The van der Waals surface area contributed by atoms with Crippen LogP contribution in [0, 0.1) is 0 Å². The Balaban J connectivity index is 1.39. The topological polar surface area (TPSA) is 69.3 Å². The Morgan fingerprint density at radius 3 is 2.64 bits per heavy atom. The van der Waals surface area contributed by atoms with E-state index in [4.69, 9.17) is 4.74 Å². The Kier molecular flexibility index (Phi) is 5.72. The first-order chi connectivity index (χ1) is 13.8. The summed E-state index contributed by atoms with van der Waals surface area (Å²) in [6.07, 6.45) is 5.42. The number of hydrogen-bond acceptors (Lipinski definition) is 6. The quantitative estimate of drug-likeness (QED) is 0.658. The highest BCUT2D eigenvalue weighted by Crippen LogP contribution is 2.29. The van der Waals surface area contributed by atoms with Crippen LogP contribution < -0.4 is 19.9 Å². The van der Waals surface area contributed by atoms with Crippen molar-refractivity contribution in [2.45, 2.75) is 13.1 Å². The molecule has 3 aromatic rings. The van der Waals surface area contributed by atoms with Crippen molar-refractivity contribution in [2.24, 2.45) is 0 Å².